The van der Waals surface area contributed by atoms with Crippen LogP contribution in [0.4, 0.5) is 4.79 Å². The van der Waals surface area contributed by atoms with Gasteiger partial charge in [0.2, 0.25) is 0 Å². The van der Waals surface area contributed by atoms with Crippen molar-refractivity contribution in [3.63, 3.8) is 0 Å². The van der Waals surface area contributed by atoms with Gasteiger partial charge in [-0.15, -0.1) is 0 Å². The van der Waals surface area contributed by atoms with Crippen molar-refractivity contribution in [2.75, 3.05) is 26.2 Å². The molecule has 0 saturated carbocycles. The molecule has 0 aliphatic carbocycles. The van der Waals surface area contributed by atoms with E-state index in [2.05, 4.69) is 58.7 Å². The Hall–Kier alpha value is -3.39. The van der Waals surface area contributed by atoms with Gasteiger partial charge in [0.1, 0.15) is 6.04 Å². The maximum atomic E-state index is 12.6. The molecule has 3 aromatic rings. The van der Waals surface area contributed by atoms with Crippen molar-refractivity contribution in [3.05, 3.63) is 107 Å². The molecule has 1 unspecified atom stereocenters. The van der Waals surface area contributed by atoms with E-state index >= 15 is 0 Å². The summed E-state index contributed by atoms with van der Waals surface area (Å²) in [7, 11) is 0. The van der Waals surface area contributed by atoms with Gasteiger partial charge in [-0.05, 0) is 87.2 Å². The summed E-state index contributed by atoms with van der Waals surface area (Å²) in [5.74, 6) is -0.463. The molecular formula is C35H44ClN3O4. The number of esters is 1. The molecule has 4 N–H and O–H groups in total. The van der Waals surface area contributed by atoms with E-state index in [0.717, 1.165) is 44.5 Å². The van der Waals surface area contributed by atoms with Gasteiger partial charge in [-0.25, -0.2) is 9.59 Å². The summed E-state index contributed by atoms with van der Waals surface area (Å²) in [6.07, 6.45) is 5.13. The lowest BCUT2D eigenvalue weighted by atomic mass is 9.68. The molecule has 1 heterocycles. The number of amides is 2. The highest BCUT2D eigenvalue weighted by molar-refractivity contribution is 6.30. The lowest BCUT2D eigenvalue weighted by Crippen LogP contribution is -2.44. The normalized spacial score (nSPS) is 15.9. The van der Waals surface area contributed by atoms with Crippen molar-refractivity contribution >= 4 is 23.6 Å². The molecule has 1 aliphatic rings. The second-order valence-electron chi connectivity index (χ2n) is 11.5. The zero-order valence-electron chi connectivity index (χ0n) is 25.0. The van der Waals surface area contributed by atoms with Gasteiger partial charge in [0.25, 0.3) is 0 Å². The fraction of sp³-hybridized carbons (Fsp3) is 0.429. The third kappa shape index (κ3) is 8.59. The Morgan fingerprint density at radius 3 is 2.05 bits per heavy atom. The van der Waals surface area contributed by atoms with Crippen LogP contribution in [-0.2, 0) is 20.5 Å². The Balaban J connectivity index is 1.48. The van der Waals surface area contributed by atoms with Crippen LogP contribution in [0.1, 0.15) is 68.6 Å². The highest BCUT2D eigenvalue weighted by Crippen LogP contribution is 2.42. The average molecular weight is 606 g/mol. The number of hydrogen-bond acceptors (Lipinski definition) is 5. The largest absolute Gasteiger partial charge is 0.464 e. The fourth-order valence-electron chi connectivity index (χ4n) is 6.45. The number of benzene rings is 3. The van der Waals surface area contributed by atoms with E-state index in [9.17, 15) is 14.7 Å². The van der Waals surface area contributed by atoms with Gasteiger partial charge in [0.15, 0.2) is 0 Å². The van der Waals surface area contributed by atoms with Crippen LogP contribution in [0.3, 0.4) is 0 Å². The van der Waals surface area contributed by atoms with E-state index in [1.807, 2.05) is 36.4 Å². The first-order valence-corrected chi connectivity index (χ1v) is 15.7. The summed E-state index contributed by atoms with van der Waals surface area (Å²) in [5.41, 5.74) is 7.65. The number of aliphatic hydroxyl groups is 1. The molecule has 4 rings (SSSR count). The van der Waals surface area contributed by atoms with Crippen molar-refractivity contribution in [2.45, 2.75) is 68.9 Å². The molecule has 0 bridgehead atoms. The van der Waals surface area contributed by atoms with Crippen LogP contribution in [0.15, 0.2) is 84.9 Å². The number of carbonyl (C=O) groups is 2. The molecule has 0 radical (unpaired) electrons. The van der Waals surface area contributed by atoms with Crippen LogP contribution in [0.5, 0.6) is 0 Å². The minimum atomic E-state index is -0.826. The van der Waals surface area contributed by atoms with Crippen LogP contribution >= 0.6 is 11.6 Å². The van der Waals surface area contributed by atoms with Gasteiger partial charge in [-0.2, -0.15) is 0 Å². The van der Waals surface area contributed by atoms with Crippen molar-refractivity contribution in [1.82, 2.24) is 10.2 Å². The summed E-state index contributed by atoms with van der Waals surface area (Å²) in [5, 5.41) is 14.6. The number of piperidine rings is 1. The first-order valence-electron chi connectivity index (χ1n) is 15.3. The lowest BCUT2D eigenvalue weighted by Gasteiger charge is -2.40. The van der Waals surface area contributed by atoms with Crippen molar-refractivity contribution in [2.24, 2.45) is 5.73 Å². The number of carbonyl (C=O) groups excluding carboxylic acids is 2. The second-order valence-corrected chi connectivity index (χ2v) is 11.9. The highest BCUT2D eigenvalue weighted by atomic mass is 35.5. The van der Waals surface area contributed by atoms with Crippen LogP contribution < -0.4 is 11.1 Å². The Morgan fingerprint density at radius 1 is 0.953 bits per heavy atom. The molecule has 1 aliphatic heterocycles. The number of halogens is 1. The Bertz CT molecular complexity index is 1260. The van der Waals surface area contributed by atoms with E-state index in [1.54, 1.807) is 6.92 Å². The molecular weight excluding hydrogens is 562 g/mol. The predicted octanol–water partition coefficient (Wildman–Crippen LogP) is 6.16. The topological polar surface area (TPSA) is 105 Å². The predicted molar refractivity (Wildman–Crippen MR) is 171 cm³/mol. The van der Waals surface area contributed by atoms with Gasteiger partial charge in [-0.3, -0.25) is 0 Å². The second kappa shape index (κ2) is 15.4. The Kier molecular flexibility index (Phi) is 11.6. The molecule has 8 heteroatoms. The van der Waals surface area contributed by atoms with Crippen molar-refractivity contribution in [1.29, 1.82) is 0 Å². The molecule has 7 nitrogen and oxygen atoms in total. The summed E-state index contributed by atoms with van der Waals surface area (Å²) in [4.78, 5) is 26.6. The zero-order chi connectivity index (χ0) is 30.7. The number of hydrogen-bond donors (Lipinski definition) is 3. The smallest absolute Gasteiger partial charge is 0.328 e. The summed E-state index contributed by atoms with van der Waals surface area (Å²) < 4.78 is 5.20. The van der Waals surface area contributed by atoms with E-state index in [0.29, 0.717) is 30.7 Å². The van der Waals surface area contributed by atoms with Gasteiger partial charge >= 0.3 is 12.0 Å². The van der Waals surface area contributed by atoms with E-state index < -0.39 is 23.6 Å². The number of urea groups is 1. The summed E-state index contributed by atoms with van der Waals surface area (Å²) in [6, 6.07) is 27.1. The van der Waals surface area contributed by atoms with E-state index in [1.165, 1.54) is 11.1 Å². The van der Waals surface area contributed by atoms with Gasteiger partial charge in [0.05, 0.1) is 12.2 Å². The molecule has 0 aromatic heterocycles. The first kappa shape index (κ1) is 32.5. The number of nitrogens with one attached hydrogen (secondary N) is 1. The summed E-state index contributed by atoms with van der Waals surface area (Å²) in [6.45, 7) is 4.55. The minimum Gasteiger partial charge on any atom is -0.464 e. The molecule has 0 spiro atoms. The molecule has 1 saturated heterocycles. The van der Waals surface area contributed by atoms with Gasteiger partial charge < -0.3 is 25.8 Å². The minimum absolute atomic E-state index is 0.237. The molecule has 43 heavy (non-hydrogen) atoms. The number of nitrogens with two attached hydrogens (primary N) is 1. The van der Waals surface area contributed by atoms with E-state index in [4.69, 9.17) is 22.1 Å². The standard InChI is InChI=1S/C35H44ClN3O4/c1-2-43-32(40)31(38-33(37)41)15-9-20-34(27-11-5-3-6-12-27,28-13-7-4-8-14-28)21-10-24-39-25-22-35(42,23-26-39)29-16-18-30(36)19-17-29/h3-8,11-14,16-19,31,42H,2,9-10,15,20-26H2,1H3,(H3,37,38,41). The lowest BCUT2D eigenvalue weighted by molar-refractivity contribution is -0.145. The number of rotatable bonds is 14. The fourth-order valence-corrected chi connectivity index (χ4v) is 6.58. The third-order valence-corrected chi connectivity index (χ3v) is 9.03. The quantitative estimate of drug-likeness (QED) is 0.191. The number of nitrogens with zero attached hydrogens (tertiary/aromatic N) is 1. The van der Waals surface area contributed by atoms with Crippen molar-refractivity contribution < 1.29 is 19.4 Å². The number of primary amides is 1. The molecule has 1 fully saturated rings. The Labute approximate surface area is 260 Å². The number of ether oxygens (including phenoxy) is 1. The third-order valence-electron chi connectivity index (χ3n) is 8.78. The molecule has 230 valence electrons. The zero-order valence-corrected chi connectivity index (χ0v) is 25.8. The Morgan fingerprint density at radius 2 is 1.51 bits per heavy atom. The maximum absolute atomic E-state index is 12.6. The summed E-state index contributed by atoms with van der Waals surface area (Å²) >= 11 is 6.06. The van der Waals surface area contributed by atoms with Crippen LogP contribution in [-0.4, -0.2) is 54.3 Å². The van der Waals surface area contributed by atoms with Crippen LogP contribution in [0.2, 0.25) is 5.02 Å². The first-order chi connectivity index (χ1) is 20.8. The van der Waals surface area contributed by atoms with Gasteiger partial charge in [-0.1, -0.05) is 84.4 Å². The highest BCUT2D eigenvalue weighted by Gasteiger charge is 2.36. The maximum Gasteiger partial charge on any atom is 0.328 e. The molecule has 2 amide bonds. The van der Waals surface area contributed by atoms with Crippen molar-refractivity contribution in [3.8, 4) is 0 Å². The van der Waals surface area contributed by atoms with Crippen LogP contribution in [0.25, 0.3) is 0 Å². The monoisotopic (exact) mass is 605 g/mol. The van der Waals surface area contributed by atoms with E-state index in [-0.39, 0.29) is 12.0 Å². The average Bonchev–Trinajstić information content (AvgIpc) is 3.02. The molecule has 1 atom stereocenters. The van der Waals surface area contributed by atoms with Gasteiger partial charge in [0, 0.05) is 23.5 Å². The van der Waals surface area contributed by atoms with Crippen LogP contribution in [0, 0.1) is 0 Å². The number of likely N-dealkylation sites (tertiary alicyclic amines) is 1. The SMILES string of the molecule is CCOC(=O)C(CCCC(CCCN1CCC(O)(c2ccc(Cl)cc2)CC1)(c1ccccc1)c1ccccc1)NC(N)=O. The molecule has 3 aromatic carbocycles.